The fourth-order valence-corrected chi connectivity index (χ4v) is 5.59. The number of benzene rings is 2. The van der Waals surface area contributed by atoms with E-state index in [2.05, 4.69) is 40.7 Å². The monoisotopic (exact) mass is 716 g/mol. The molecule has 3 heterocycles. The summed E-state index contributed by atoms with van der Waals surface area (Å²) in [5, 5.41) is 34.1. The SMILES string of the molecule is Cc1nc(C)c2c(OC(=O)NC(CCCCN)C(=O)OCCCCON(O)O)cc(=O)n(Cc3ccc(-c4ccccc4-c4nn[nH]n4)cc3)c2n1. The average Bonchev–Trinajstić information content (AvgIpc) is 3.66. The van der Waals surface area contributed by atoms with Crippen LogP contribution in [0.25, 0.3) is 33.5 Å². The number of hydrogen-bond donors (Lipinski definition) is 5. The summed E-state index contributed by atoms with van der Waals surface area (Å²) in [7, 11) is 0. The van der Waals surface area contributed by atoms with Gasteiger partial charge in [0, 0.05) is 11.6 Å². The van der Waals surface area contributed by atoms with Crippen LogP contribution in [-0.2, 0) is 20.9 Å². The van der Waals surface area contributed by atoms with E-state index in [0.717, 1.165) is 22.3 Å². The van der Waals surface area contributed by atoms with E-state index in [-0.39, 0.29) is 37.6 Å². The molecule has 5 rings (SSSR count). The van der Waals surface area contributed by atoms with E-state index in [0.29, 0.717) is 55.0 Å². The lowest BCUT2D eigenvalue weighted by molar-refractivity contribution is -0.492. The fraction of sp³-hybridized carbons (Fsp3) is 0.353. The van der Waals surface area contributed by atoms with Crippen LogP contribution in [0.15, 0.2) is 59.4 Å². The molecule has 0 spiro atoms. The number of ether oxygens (including phenoxy) is 2. The molecule has 18 heteroatoms. The van der Waals surface area contributed by atoms with E-state index < -0.39 is 29.1 Å². The maximum atomic E-state index is 13.6. The van der Waals surface area contributed by atoms with Gasteiger partial charge in [-0.25, -0.2) is 19.6 Å². The minimum absolute atomic E-state index is 0.00466. The summed E-state index contributed by atoms with van der Waals surface area (Å²) in [5.41, 5.74) is 9.38. The Balaban J connectivity index is 1.33. The maximum Gasteiger partial charge on any atom is 0.413 e. The zero-order valence-corrected chi connectivity index (χ0v) is 28.7. The summed E-state index contributed by atoms with van der Waals surface area (Å²) in [6, 6.07) is 15.6. The topological polar surface area (TPSA) is 246 Å². The Kier molecular flexibility index (Phi) is 13.0. The highest BCUT2D eigenvalue weighted by Crippen LogP contribution is 2.30. The third kappa shape index (κ3) is 9.77. The zero-order chi connectivity index (χ0) is 37.0. The van der Waals surface area contributed by atoms with Crippen LogP contribution in [0, 0.1) is 13.8 Å². The Morgan fingerprint density at radius 3 is 2.46 bits per heavy atom. The predicted molar refractivity (Wildman–Crippen MR) is 185 cm³/mol. The molecule has 0 saturated heterocycles. The van der Waals surface area contributed by atoms with Crippen molar-refractivity contribution in [3.8, 4) is 28.3 Å². The molecule has 0 saturated carbocycles. The van der Waals surface area contributed by atoms with Crippen molar-refractivity contribution in [3.05, 3.63) is 82.0 Å². The van der Waals surface area contributed by atoms with Gasteiger partial charge in [-0.15, -0.1) is 10.2 Å². The van der Waals surface area contributed by atoms with Gasteiger partial charge in [-0.1, -0.05) is 48.5 Å². The molecule has 1 amide bonds. The minimum atomic E-state index is -1.05. The molecule has 0 aliphatic heterocycles. The average molecular weight is 717 g/mol. The third-order valence-corrected chi connectivity index (χ3v) is 8.04. The van der Waals surface area contributed by atoms with Gasteiger partial charge in [-0.3, -0.25) is 24.6 Å². The number of amides is 1. The van der Waals surface area contributed by atoms with Crippen molar-refractivity contribution in [2.45, 2.75) is 58.5 Å². The number of aryl methyl sites for hydroxylation is 2. The number of hydrogen-bond acceptors (Lipinski definition) is 15. The highest BCUT2D eigenvalue weighted by molar-refractivity contribution is 5.88. The number of unbranched alkanes of at least 4 members (excludes halogenated alkanes) is 2. The zero-order valence-electron chi connectivity index (χ0n) is 28.7. The molecule has 3 aromatic heterocycles. The molecule has 0 bridgehead atoms. The number of carbonyl (C=O) groups is 2. The lowest BCUT2D eigenvalue weighted by Crippen LogP contribution is -2.43. The molecular formula is C34H40N10O8. The van der Waals surface area contributed by atoms with Crippen molar-refractivity contribution in [1.82, 2.24) is 45.9 Å². The predicted octanol–water partition coefficient (Wildman–Crippen LogP) is 3.23. The van der Waals surface area contributed by atoms with Gasteiger partial charge >= 0.3 is 12.1 Å². The highest BCUT2D eigenvalue weighted by Gasteiger charge is 2.25. The first-order valence-electron chi connectivity index (χ1n) is 16.6. The Labute approximate surface area is 297 Å². The van der Waals surface area contributed by atoms with Crippen LogP contribution in [-0.4, -0.2) is 88.8 Å². The summed E-state index contributed by atoms with van der Waals surface area (Å²) in [6.07, 6.45) is 1.17. The van der Waals surface area contributed by atoms with Crippen molar-refractivity contribution in [1.29, 1.82) is 0 Å². The largest absolute Gasteiger partial charge is 0.464 e. The van der Waals surface area contributed by atoms with Gasteiger partial charge in [-0.05, 0) is 74.4 Å². The molecule has 0 aliphatic rings. The number of tetrazole rings is 1. The summed E-state index contributed by atoms with van der Waals surface area (Å²) >= 11 is 0. The van der Waals surface area contributed by atoms with Crippen LogP contribution in [0.3, 0.4) is 0 Å². The van der Waals surface area contributed by atoms with Gasteiger partial charge in [-0.2, -0.15) is 5.21 Å². The number of H-pyrrole nitrogens is 1. The number of aromatic nitrogens is 7. The summed E-state index contributed by atoms with van der Waals surface area (Å²) in [6.45, 7) is 4.01. The molecule has 2 aromatic carbocycles. The number of nitrogens with one attached hydrogen (secondary N) is 2. The molecule has 1 atom stereocenters. The van der Waals surface area contributed by atoms with E-state index in [1.54, 1.807) is 13.8 Å². The summed E-state index contributed by atoms with van der Waals surface area (Å²) in [4.78, 5) is 53.2. The lowest BCUT2D eigenvalue weighted by Gasteiger charge is -2.19. The number of pyridine rings is 1. The number of fused-ring (bicyclic) bond motifs is 1. The third-order valence-electron chi connectivity index (χ3n) is 8.04. The second-order valence-electron chi connectivity index (χ2n) is 11.8. The number of esters is 1. The molecule has 52 heavy (non-hydrogen) atoms. The van der Waals surface area contributed by atoms with Crippen molar-refractivity contribution >= 4 is 23.1 Å². The minimum Gasteiger partial charge on any atom is -0.464 e. The van der Waals surface area contributed by atoms with Gasteiger partial charge in [0.1, 0.15) is 11.9 Å². The number of nitrogens with two attached hydrogens (primary N) is 1. The first-order valence-corrected chi connectivity index (χ1v) is 16.6. The Hall–Kier alpha value is -5.66. The standard InChI is InChI=1S/C34H40N10O8/c1-21-30-28(52-34(47)38-27(11-5-6-16-35)33(46)50-17-7-8-18-51-44(48)49)19-29(45)43(32(30)37-22(2)36-21)20-23-12-14-24(15-13-23)25-9-3-4-10-26(25)31-39-41-42-40-31/h3-4,9-10,12-15,19,27,48-49H,5-8,11,16-18,20,35H2,1-2H3,(H,38,47)(H,39,40,41,42). The number of aromatic amines is 1. The van der Waals surface area contributed by atoms with E-state index in [1.165, 1.54) is 10.6 Å². The van der Waals surface area contributed by atoms with Crippen molar-refractivity contribution in [3.63, 3.8) is 0 Å². The number of carbonyl (C=O) groups excluding carboxylic acids is 2. The first kappa shape index (κ1) is 37.6. The van der Waals surface area contributed by atoms with Crippen molar-refractivity contribution in [2.75, 3.05) is 19.8 Å². The van der Waals surface area contributed by atoms with E-state index in [4.69, 9.17) is 25.6 Å². The summed E-state index contributed by atoms with van der Waals surface area (Å²) < 4.78 is 12.5. The number of nitrogens with zero attached hydrogens (tertiary/aromatic N) is 7. The normalized spacial score (nSPS) is 11.9. The van der Waals surface area contributed by atoms with Crippen molar-refractivity contribution in [2.24, 2.45) is 5.73 Å². The molecule has 18 nitrogen and oxygen atoms in total. The molecule has 0 radical (unpaired) electrons. The molecule has 0 aliphatic carbocycles. The second kappa shape index (κ2) is 18.0. The van der Waals surface area contributed by atoms with Gasteiger partial charge in [0.15, 0.2) is 11.4 Å². The second-order valence-corrected chi connectivity index (χ2v) is 11.8. The van der Waals surface area contributed by atoms with Crippen LogP contribution in [0.5, 0.6) is 5.75 Å². The Morgan fingerprint density at radius 2 is 1.75 bits per heavy atom. The quantitative estimate of drug-likeness (QED) is 0.0527. The molecule has 6 N–H and O–H groups in total. The number of rotatable bonds is 17. The first-order chi connectivity index (χ1) is 25.1. The van der Waals surface area contributed by atoms with E-state index in [9.17, 15) is 14.4 Å². The summed E-state index contributed by atoms with van der Waals surface area (Å²) in [5.74, 6) is 0.156. The van der Waals surface area contributed by atoms with Gasteiger partial charge in [0.2, 0.25) is 5.82 Å². The smallest absolute Gasteiger partial charge is 0.413 e. The van der Waals surface area contributed by atoms with Gasteiger partial charge < -0.3 is 20.5 Å². The van der Waals surface area contributed by atoms with Crippen molar-refractivity contribution < 1.29 is 34.3 Å². The maximum absolute atomic E-state index is 13.6. The molecular weight excluding hydrogens is 676 g/mol. The Bertz CT molecular complexity index is 2020. The lowest BCUT2D eigenvalue weighted by atomic mass is 9.98. The fourth-order valence-electron chi connectivity index (χ4n) is 5.59. The van der Waals surface area contributed by atoms with E-state index >= 15 is 0 Å². The van der Waals surface area contributed by atoms with Gasteiger partial charge in [0.25, 0.3) is 5.56 Å². The van der Waals surface area contributed by atoms with Gasteiger partial charge in [0.05, 0.1) is 36.2 Å². The molecule has 1 unspecified atom stereocenters. The van der Waals surface area contributed by atoms with E-state index in [1.807, 2.05) is 48.5 Å². The van der Waals surface area contributed by atoms with Crippen LogP contribution < -0.4 is 21.3 Å². The molecule has 5 aromatic rings. The van der Waals surface area contributed by atoms with Crippen LogP contribution in [0.4, 0.5) is 4.79 Å². The molecule has 0 fully saturated rings. The van der Waals surface area contributed by atoms with Crippen LogP contribution in [0.2, 0.25) is 0 Å². The van der Waals surface area contributed by atoms with Crippen LogP contribution >= 0.6 is 0 Å². The molecule has 274 valence electrons. The highest BCUT2D eigenvalue weighted by atomic mass is 17.1. The van der Waals surface area contributed by atoms with Crippen LogP contribution in [0.1, 0.15) is 49.2 Å². The Morgan fingerprint density at radius 1 is 1.00 bits per heavy atom.